The van der Waals surface area contributed by atoms with E-state index < -0.39 is 47.3 Å². The number of hydrogen-bond donors (Lipinski definition) is 3. The van der Waals surface area contributed by atoms with E-state index in [9.17, 15) is 35.5 Å². The molecule has 0 saturated carbocycles. The molecular weight excluding hydrogens is 749 g/mol. The number of nitrogens with zero attached hydrogens (tertiary/aromatic N) is 2. The molecule has 4 N–H and O–H groups in total. The van der Waals surface area contributed by atoms with E-state index >= 15 is 0 Å². The third-order valence-electron chi connectivity index (χ3n) is 7.85. The van der Waals surface area contributed by atoms with E-state index in [0.717, 1.165) is 12.2 Å². The number of ketones is 2. The van der Waals surface area contributed by atoms with Crippen molar-refractivity contribution in [1.29, 1.82) is 0 Å². The van der Waals surface area contributed by atoms with Crippen LogP contribution in [0.5, 0.6) is 11.5 Å². The van der Waals surface area contributed by atoms with E-state index in [1.165, 1.54) is 56.7 Å². The molecule has 6 rings (SSSR count). The first-order chi connectivity index (χ1) is 24.2. The summed E-state index contributed by atoms with van der Waals surface area (Å²) in [4.78, 5) is 24.8. The quantitative estimate of drug-likeness (QED) is 0.0727. The van der Waals surface area contributed by atoms with Crippen LogP contribution in [0, 0.1) is 0 Å². The van der Waals surface area contributed by atoms with Gasteiger partial charge in [0.15, 0.2) is 0 Å². The van der Waals surface area contributed by atoms with Crippen molar-refractivity contribution in [3.8, 4) is 22.6 Å². The number of carbonyl (C=O) groups excluding carboxylic acids is 2. The fourth-order valence-electron chi connectivity index (χ4n) is 5.41. The van der Waals surface area contributed by atoms with Gasteiger partial charge in [-0.1, -0.05) is 36.4 Å². The number of benzene rings is 4. The Morgan fingerprint density at radius 1 is 0.642 bits per heavy atom. The fourth-order valence-corrected chi connectivity index (χ4v) is 6.76. The first-order valence-electron chi connectivity index (χ1n) is 14.7. The Morgan fingerprint density at radius 3 is 1.74 bits per heavy atom. The first kappa shape index (κ1) is 41.6. The maximum atomic E-state index is 13.2. The summed E-state index contributed by atoms with van der Waals surface area (Å²) in [6.45, 7) is 0. The number of methoxy groups -OCH3 is 2. The predicted octanol–water partition coefficient (Wildman–Crippen LogP) is -1.94. The summed E-state index contributed by atoms with van der Waals surface area (Å²) in [5.41, 5.74) is 12.5. The molecule has 15 nitrogen and oxygen atoms in total. The number of carbonyl (C=O) groups is 2. The van der Waals surface area contributed by atoms with Crippen LogP contribution in [-0.2, 0) is 20.2 Å². The van der Waals surface area contributed by atoms with E-state index in [-0.39, 0.29) is 110 Å². The fraction of sp³-hybridized carbons (Fsp3) is 0.0588. The molecule has 260 valence electrons. The van der Waals surface area contributed by atoms with Crippen LogP contribution in [0.4, 0.5) is 17.1 Å². The molecule has 19 heteroatoms. The number of allylic oxidation sites excluding steroid dienone is 2. The van der Waals surface area contributed by atoms with Crippen molar-refractivity contribution in [2.45, 2.75) is 0 Å². The van der Waals surface area contributed by atoms with Gasteiger partial charge in [0.25, 0.3) is 0 Å². The van der Waals surface area contributed by atoms with Crippen LogP contribution in [0.1, 0.15) is 31.8 Å². The third-order valence-corrected chi connectivity index (χ3v) is 9.58. The largest absolute Gasteiger partial charge is 1.00 e. The molecule has 2 aliphatic carbocycles. The summed E-state index contributed by atoms with van der Waals surface area (Å²) in [5.74, 6) is -0.856. The maximum absolute atomic E-state index is 13.2. The molecule has 0 radical (unpaired) electrons. The average molecular weight is 774 g/mol. The number of Topliss-reactive ketones (excluding diaryl/α,β-unsaturated/α-hetero) is 2. The molecule has 0 spiro atoms. The molecule has 0 heterocycles. The van der Waals surface area contributed by atoms with Gasteiger partial charge in [0.2, 0.25) is 11.6 Å². The van der Waals surface area contributed by atoms with Gasteiger partial charge in [0.05, 0.1) is 35.4 Å². The molecule has 0 aromatic heterocycles. The number of nitrogen functional groups attached to an aromatic ring is 1. The molecule has 0 saturated heterocycles. The van der Waals surface area contributed by atoms with Gasteiger partial charge in [-0.25, -0.2) is 16.8 Å². The Kier molecular flexibility index (Phi) is 12.9. The van der Waals surface area contributed by atoms with Gasteiger partial charge < -0.3 is 24.3 Å². The molecule has 53 heavy (non-hydrogen) atoms. The van der Waals surface area contributed by atoms with Crippen LogP contribution in [0.2, 0.25) is 0 Å². The van der Waals surface area contributed by atoms with Crippen molar-refractivity contribution in [2.24, 2.45) is 10.2 Å². The van der Waals surface area contributed by atoms with Gasteiger partial charge >= 0.3 is 59.1 Å². The summed E-state index contributed by atoms with van der Waals surface area (Å²) in [5, 5.41) is 8.06. The maximum Gasteiger partial charge on any atom is 1.00 e. The number of nitrogens with two attached hydrogens (primary N) is 1. The summed E-state index contributed by atoms with van der Waals surface area (Å²) in [6, 6.07) is 19.9. The van der Waals surface area contributed by atoms with Crippen molar-refractivity contribution in [3.05, 3.63) is 112 Å². The molecule has 2 aliphatic rings. The Hall–Kier alpha value is -4.14. The predicted molar refractivity (Wildman–Crippen MR) is 188 cm³/mol. The molecule has 0 atom stereocenters. The van der Waals surface area contributed by atoms with Gasteiger partial charge in [-0.3, -0.25) is 20.4 Å². The second-order valence-electron chi connectivity index (χ2n) is 11.0. The molecule has 4 aromatic rings. The summed E-state index contributed by atoms with van der Waals surface area (Å²) >= 11 is 0. The van der Waals surface area contributed by atoms with Crippen LogP contribution in [0.25, 0.3) is 22.1 Å². The van der Waals surface area contributed by atoms with Crippen molar-refractivity contribution in [1.82, 2.24) is 0 Å². The number of hydrogen-bond acceptors (Lipinski definition) is 15. The van der Waals surface area contributed by atoms with Gasteiger partial charge in [0, 0.05) is 22.4 Å². The number of anilines is 3. The van der Waals surface area contributed by atoms with Crippen molar-refractivity contribution >= 4 is 71.3 Å². The third kappa shape index (κ3) is 8.65. The number of nitrogens with one attached hydrogen (secondary N) is 2. The molecular formula is C34H25N5Na2O10S2. The zero-order chi connectivity index (χ0) is 36.7. The van der Waals surface area contributed by atoms with E-state index in [0.29, 0.717) is 16.8 Å². The second kappa shape index (κ2) is 16.5. The Labute approximate surface area is 348 Å². The van der Waals surface area contributed by atoms with Crippen LogP contribution < -0.4 is 85.2 Å². The zero-order valence-electron chi connectivity index (χ0n) is 28.5. The van der Waals surface area contributed by atoms with E-state index in [2.05, 4.69) is 21.1 Å². The van der Waals surface area contributed by atoms with Gasteiger partial charge in [-0.05, 0) is 71.3 Å². The topological polar surface area (TPSA) is 242 Å². The summed E-state index contributed by atoms with van der Waals surface area (Å²) < 4.78 is 83.0. The van der Waals surface area contributed by atoms with Crippen LogP contribution in [-0.4, -0.2) is 63.2 Å². The average Bonchev–Trinajstić information content (AvgIpc) is 3.09. The minimum Gasteiger partial charge on any atom is -0.744 e. The first-order valence-corrected chi connectivity index (χ1v) is 17.5. The Bertz CT molecular complexity index is 2520. The minimum atomic E-state index is -5.10. The van der Waals surface area contributed by atoms with E-state index in [1.807, 2.05) is 0 Å². The van der Waals surface area contributed by atoms with Crippen LogP contribution in [0.3, 0.4) is 0 Å². The zero-order valence-corrected chi connectivity index (χ0v) is 34.2. The van der Waals surface area contributed by atoms with Gasteiger partial charge in [0.1, 0.15) is 43.2 Å². The van der Waals surface area contributed by atoms with Gasteiger partial charge in [-0.15, -0.1) is 0 Å². The van der Waals surface area contributed by atoms with Crippen molar-refractivity contribution in [3.63, 3.8) is 0 Å². The van der Waals surface area contributed by atoms with Crippen molar-refractivity contribution in [2.75, 3.05) is 30.8 Å². The number of ether oxygens (including phenoxy) is 2. The van der Waals surface area contributed by atoms with E-state index in [1.54, 1.807) is 36.4 Å². The summed E-state index contributed by atoms with van der Waals surface area (Å²) in [6.07, 6.45) is 1.97. The smallest absolute Gasteiger partial charge is 0.744 e. The SMILES string of the molecule is COc1cc(-c2ccc(N/N=C3\C=C(S(=O)(=O)[O-])c4ccccc4C3=O)c(OC)c2)ccc1N/N=C1/C(=O)c2ccc(N)cc2C=C1S(=O)(=O)[O-].[Na+].[Na+]. The van der Waals surface area contributed by atoms with Crippen LogP contribution in [0.15, 0.2) is 100 Å². The molecule has 4 aromatic carbocycles. The molecule has 0 aliphatic heterocycles. The molecule has 0 bridgehead atoms. The molecule has 0 amide bonds. The second-order valence-corrected chi connectivity index (χ2v) is 13.7. The Morgan fingerprint density at radius 2 is 1.19 bits per heavy atom. The standard InChI is InChI=1S/C34H27N5O10S2.2Na/c1-48-28-14-18(7-11-25(28)36-38-27-17-30(50(42,43)44)23-5-3-4-6-24(23)33(27)40)19-8-12-26(29(15-19)49-2)37-39-32-31(51(45,46)47)16-20-13-21(35)9-10-22(20)34(32)41;;/h3-17,36-37H,35H2,1-2H3,(H,42,43,44)(H,45,46,47);;/q;2*+1/p-2/b38-27+,39-32+;;. The summed E-state index contributed by atoms with van der Waals surface area (Å²) in [7, 11) is -7.24. The van der Waals surface area contributed by atoms with Gasteiger partial charge in [-0.2, -0.15) is 10.2 Å². The molecule has 0 fully saturated rings. The van der Waals surface area contributed by atoms with Crippen LogP contribution >= 0.6 is 0 Å². The number of fused-ring (bicyclic) bond motifs is 2. The molecule has 0 unspecified atom stereocenters. The van der Waals surface area contributed by atoms with Crippen molar-refractivity contribution < 1.29 is 104 Å². The normalized spacial score (nSPS) is 15.2. The number of hydrazone groups is 2. The minimum absolute atomic E-state index is 0. The van der Waals surface area contributed by atoms with E-state index in [4.69, 9.17) is 15.2 Å². The number of rotatable bonds is 9. The monoisotopic (exact) mass is 773 g/mol. The Balaban J connectivity index is 0.00000314.